The van der Waals surface area contributed by atoms with E-state index >= 15 is 0 Å². The number of hydrogen-bond acceptors (Lipinski definition) is 2. The second kappa shape index (κ2) is 8.62. The van der Waals surface area contributed by atoms with Crippen molar-refractivity contribution >= 4 is 21.8 Å². The van der Waals surface area contributed by atoms with Crippen molar-refractivity contribution in [1.82, 2.24) is 14.5 Å². The molecule has 2 aromatic heterocycles. The van der Waals surface area contributed by atoms with Gasteiger partial charge in [-0.3, -0.25) is 0 Å². The maximum atomic E-state index is 5.33. The van der Waals surface area contributed by atoms with E-state index in [1.54, 1.807) is 0 Å². The molecule has 1 aliphatic heterocycles. The van der Waals surface area contributed by atoms with Crippen LogP contribution in [0.4, 0.5) is 0 Å². The topological polar surface area (TPSA) is 30.7 Å². The van der Waals surface area contributed by atoms with Crippen molar-refractivity contribution in [2.24, 2.45) is 0 Å². The van der Waals surface area contributed by atoms with Gasteiger partial charge in [-0.2, -0.15) is 0 Å². The smallest absolute Gasteiger partial charge is 0.159 e. The lowest BCUT2D eigenvalue weighted by Crippen LogP contribution is -2.33. The summed E-state index contributed by atoms with van der Waals surface area (Å²) in [7, 11) is 0. The Bertz CT molecular complexity index is 2440. The number of aromatic nitrogens is 3. The standard InChI is InChI=1S/C41H25N3/c1-2-11-26(12-3-1)27-21-23-28(24-22-27)40-42-25-35-38(43-40)31-14-4-6-16-32(31)41(35)33-17-7-9-20-37(33)44-36-19-8-5-13-29(36)30-15-10-18-34(41)39(30)44/h1-25H. The maximum Gasteiger partial charge on any atom is 0.159 e. The summed E-state index contributed by atoms with van der Waals surface area (Å²) >= 11 is 0. The third kappa shape index (κ3) is 2.91. The largest absolute Gasteiger partial charge is 0.309 e. The third-order valence-electron chi connectivity index (χ3n) is 9.68. The molecular formula is C41H25N3. The second-order valence-corrected chi connectivity index (χ2v) is 11.8. The van der Waals surface area contributed by atoms with Crippen LogP contribution in [-0.2, 0) is 5.41 Å². The molecule has 1 unspecified atom stereocenters. The molecular weight excluding hydrogens is 534 g/mol. The monoisotopic (exact) mass is 559 g/mol. The lowest BCUT2D eigenvalue weighted by molar-refractivity contribution is 0.742. The van der Waals surface area contributed by atoms with Gasteiger partial charge < -0.3 is 4.57 Å². The first-order valence-corrected chi connectivity index (χ1v) is 15.1. The Labute approximate surface area is 254 Å². The van der Waals surface area contributed by atoms with Crippen molar-refractivity contribution in [2.75, 3.05) is 0 Å². The van der Waals surface area contributed by atoms with E-state index < -0.39 is 5.41 Å². The molecule has 3 nitrogen and oxygen atoms in total. The summed E-state index contributed by atoms with van der Waals surface area (Å²) in [4.78, 5) is 10.4. The van der Waals surface area contributed by atoms with Gasteiger partial charge in [0.15, 0.2) is 5.82 Å². The summed E-state index contributed by atoms with van der Waals surface area (Å²) in [6.45, 7) is 0. The molecule has 204 valence electrons. The summed E-state index contributed by atoms with van der Waals surface area (Å²) in [6.07, 6.45) is 2.09. The second-order valence-electron chi connectivity index (χ2n) is 11.8. The van der Waals surface area contributed by atoms with Crippen LogP contribution in [0.1, 0.15) is 22.3 Å². The first-order valence-electron chi connectivity index (χ1n) is 15.1. The zero-order valence-electron chi connectivity index (χ0n) is 23.8. The average Bonchev–Trinajstić information content (AvgIpc) is 3.59. The molecule has 10 rings (SSSR count). The highest BCUT2D eigenvalue weighted by Gasteiger charge is 2.51. The number of fused-ring (bicyclic) bond motifs is 12. The van der Waals surface area contributed by atoms with Crippen molar-refractivity contribution in [2.45, 2.75) is 5.41 Å². The summed E-state index contributed by atoms with van der Waals surface area (Å²) < 4.78 is 2.46. The first-order chi connectivity index (χ1) is 21.8. The molecule has 6 aromatic carbocycles. The van der Waals surface area contributed by atoms with Gasteiger partial charge in [-0.1, -0.05) is 133 Å². The molecule has 1 aliphatic carbocycles. The van der Waals surface area contributed by atoms with E-state index in [0.717, 1.165) is 22.6 Å². The van der Waals surface area contributed by atoms with Gasteiger partial charge in [0.2, 0.25) is 0 Å². The highest BCUT2D eigenvalue weighted by atomic mass is 15.0. The minimum absolute atomic E-state index is 0.526. The predicted molar refractivity (Wildman–Crippen MR) is 178 cm³/mol. The van der Waals surface area contributed by atoms with Crippen LogP contribution >= 0.6 is 0 Å². The van der Waals surface area contributed by atoms with E-state index in [0.29, 0.717) is 0 Å². The van der Waals surface area contributed by atoms with Crippen LogP contribution in [0, 0.1) is 0 Å². The minimum atomic E-state index is -0.526. The number of rotatable bonds is 2. The highest BCUT2D eigenvalue weighted by molar-refractivity contribution is 6.12. The summed E-state index contributed by atoms with van der Waals surface area (Å²) in [6, 6.07) is 52.3. The summed E-state index contributed by atoms with van der Waals surface area (Å²) in [5.74, 6) is 0.742. The molecule has 1 atom stereocenters. The molecule has 0 bridgehead atoms. The van der Waals surface area contributed by atoms with Gasteiger partial charge in [0, 0.05) is 33.7 Å². The van der Waals surface area contributed by atoms with Crippen molar-refractivity contribution < 1.29 is 0 Å². The normalized spacial score (nSPS) is 15.8. The summed E-state index contributed by atoms with van der Waals surface area (Å²) in [5, 5.41) is 2.54. The molecule has 1 spiro atoms. The molecule has 0 fully saturated rings. The Morgan fingerprint density at radius 3 is 2.02 bits per heavy atom. The molecule has 0 radical (unpaired) electrons. The third-order valence-corrected chi connectivity index (χ3v) is 9.68. The van der Waals surface area contributed by atoms with Gasteiger partial charge >= 0.3 is 0 Å². The van der Waals surface area contributed by atoms with E-state index in [4.69, 9.17) is 9.97 Å². The van der Waals surface area contributed by atoms with Crippen LogP contribution in [0.15, 0.2) is 152 Å². The quantitative estimate of drug-likeness (QED) is 0.211. The number of benzene rings is 6. The van der Waals surface area contributed by atoms with Crippen molar-refractivity contribution in [3.8, 4) is 39.5 Å². The van der Waals surface area contributed by atoms with Gasteiger partial charge in [-0.25, -0.2) is 9.97 Å². The Hall–Kier alpha value is -5.80. The highest BCUT2D eigenvalue weighted by Crippen LogP contribution is 2.60. The Morgan fingerprint density at radius 1 is 0.477 bits per heavy atom. The zero-order valence-corrected chi connectivity index (χ0v) is 23.8. The Kier molecular flexibility index (Phi) is 4.65. The molecule has 3 heteroatoms. The van der Waals surface area contributed by atoms with E-state index in [-0.39, 0.29) is 0 Å². The van der Waals surface area contributed by atoms with Crippen LogP contribution in [-0.4, -0.2) is 14.5 Å². The van der Waals surface area contributed by atoms with Crippen LogP contribution < -0.4 is 0 Å². The molecule has 44 heavy (non-hydrogen) atoms. The van der Waals surface area contributed by atoms with Crippen LogP contribution in [0.25, 0.3) is 61.3 Å². The van der Waals surface area contributed by atoms with Gasteiger partial charge in [-0.05, 0) is 39.9 Å². The van der Waals surface area contributed by atoms with Crippen molar-refractivity contribution in [3.63, 3.8) is 0 Å². The Morgan fingerprint density at radius 2 is 1.14 bits per heavy atom. The average molecular weight is 560 g/mol. The van der Waals surface area contributed by atoms with E-state index in [9.17, 15) is 0 Å². The van der Waals surface area contributed by atoms with Crippen LogP contribution in [0.3, 0.4) is 0 Å². The fraction of sp³-hybridized carbons (Fsp3) is 0.0244. The van der Waals surface area contributed by atoms with E-state index in [2.05, 4.69) is 150 Å². The van der Waals surface area contributed by atoms with Crippen LogP contribution in [0.2, 0.25) is 0 Å². The van der Waals surface area contributed by atoms with Crippen LogP contribution in [0.5, 0.6) is 0 Å². The lowest BCUT2D eigenvalue weighted by Gasteiger charge is -2.39. The van der Waals surface area contributed by atoms with E-state index in [1.165, 1.54) is 60.9 Å². The molecule has 0 amide bonds. The van der Waals surface area contributed by atoms with Crippen molar-refractivity contribution in [3.05, 3.63) is 174 Å². The number of nitrogens with zero attached hydrogens (tertiary/aromatic N) is 3. The predicted octanol–water partition coefficient (Wildman–Crippen LogP) is 9.58. The van der Waals surface area contributed by atoms with Gasteiger partial charge in [0.1, 0.15) is 0 Å². The fourth-order valence-electron chi connectivity index (χ4n) is 7.89. The molecule has 8 aromatic rings. The lowest BCUT2D eigenvalue weighted by atomic mass is 9.66. The van der Waals surface area contributed by atoms with Gasteiger partial charge in [0.05, 0.1) is 27.8 Å². The molecule has 3 heterocycles. The Balaban J connectivity index is 1.26. The summed E-state index contributed by atoms with van der Waals surface area (Å²) in [5.41, 5.74) is 13.7. The first kappa shape index (κ1) is 23.7. The fourth-order valence-corrected chi connectivity index (χ4v) is 7.89. The van der Waals surface area contributed by atoms with Crippen molar-refractivity contribution in [1.29, 1.82) is 0 Å². The van der Waals surface area contributed by atoms with E-state index in [1.807, 2.05) is 6.07 Å². The maximum absolute atomic E-state index is 5.33. The SMILES string of the molecule is c1ccc(-c2ccc(-c3ncc4c(n3)-c3ccccc3C43c4ccccc4-n4c5ccccc5c5cccc3c54)cc2)cc1. The van der Waals surface area contributed by atoms with Gasteiger partial charge in [0.25, 0.3) is 0 Å². The molecule has 0 saturated heterocycles. The number of para-hydroxylation sites is 3. The molecule has 0 N–H and O–H groups in total. The number of hydrogen-bond donors (Lipinski definition) is 0. The zero-order chi connectivity index (χ0) is 28.8. The molecule has 0 saturated carbocycles. The molecule has 2 aliphatic rings. The van der Waals surface area contributed by atoms with Gasteiger partial charge in [-0.15, -0.1) is 0 Å². The minimum Gasteiger partial charge on any atom is -0.309 e.